The number of nitrogens with zero attached hydrogens (tertiary/aromatic N) is 1. The van der Waals surface area contributed by atoms with Gasteiger partial charge in [-0.05, 0) is 37.1 Å². The molecule has 1 aromatic rings. The van der Waals surface area contributed by atoms with Gasteiger partial charge < -0.3 is 0 Å². The fourth-order valence-corrected chi connectivity index (χ4v) is 2.44. The number of rotatable bonds is 3. The number of sulfonamides is 1. The Labute approximate surface area is 97.1 Å². The summed E-state index contributed by atoms with van der Waals surface area (Å²) in [6.45, 7) is 3.90. The Kier molecular flexibility index (Phi) is 3.74. The van der Waals surface area contributed by atoms with Gasteiger partial charge in [-0.1, -0.05) is 12.0 Å². The van der Waals surface area contributed by atoms with Crippen LogP contribution in [0.3, 0.4) is 0 Å². The zero-order valence-corrected chi connectivity index (χ0v) is 10.5. The van der Waals surface area contributed by atoms with Gasteiger partial charge in [0.2, 0.25) is 10.0 Å². The van der Waals surface area contributed by atoms with Gasteiger partial charge in [-0.25, -0.2) is 8.42 Å². The summed E-state index contributed by atoms with van der Waals surface area (Å²) in [4.78, 5) is 0.286. The van der Waals surface area contributed by atoms with Crippen molar-refractivity contribution in [1.29, 1.82) is 0 Å². The Balaban J connectivity index is 3.18. The Hall–Kier alpha value is -1.31. The minimum Gasteiger partial charge on any atom is -0.207 e. The predicted octanol–water partition coefficient (Wildman–Crippen LogP) is 1.56. The third-order valence-corrected chi connectivity index (χ3v) is 4.30. The molecule has 0 aliphatic carbocycles. The van der Waals surface area contributed by atoms with Gasteiger partial charge in [-0.3, -0.25) is 0 Å². The van der Waals surface area contributed by atoms with Crippen molar-refractivity contribution in [2.45, 2.75) is 18.7 Å². The normalized spacial score (nSPS) is 11.4. The molecule has 0 N–H and O–H groups in total. The maximum Gasteiger partial charge on any atom is 0.243 e. The van der Waals surface area contributed by atoms with Gasteiger partial charge in [0.05, 0.1) is 11.4 Å². The summed E-state index contributed by atoms with van der Waals surface area (Å²) in [6.07, 6.45) is 5.10. The van der Waals surface area contributed by atoms with E-state index in [2.05, 4.69) is 5.92 Å². The Bertz CT molecular complexity index is 526. The lowest BCUT2D eigenvalue weighted by Gasteiger charge is -2.15. The van der Waals surface area contributed by atoms with Crippen LogP contribution in [0.25, 0.3) is 0 Å². The van der Waals surface area contributed by atoms with Gasteiger partial charge in [0, 0.05) is 7.05 Å². The van der Waals surface area contributed by atoms with E-state index >= 15 is 0 Å². The Morgan fingerprint density at radius 3 is 2.44 bits per heavy atom. The molecular weight excluding hydrogens is 222 g/mol. The summed E-state index contributed by atoms with van der Waals surface area (Å²) < 4.78 is 25.2. The lowest BCUT2D eigenvalue weighted by molar-refractivity contribution is 0.503. The number of hydrogen-bond donors (Lipinski definition) is 0. The highest BCUT2D eigenvalue weighted by atomic mass is 32.2. The second-order valence-corrected chi connectivity index (χ2v) is 5.76. The van der Waals surface area contributed by atoms with Crippen molar-refractivity contribution in [1.82, 2.24) is 4.31 Å². The first-order chi connectivity index (χ1) is 7.39. The standard InChI is InChI=1S/C12H15NO2S/c1-5-8-13(4)16(14,15)12-7-6-10(2)11(3)9-12/h1,6-7,9H,8H2,2-4H3. The monoisotopic (exact) mass is 237 g/mol. The molecule has 0 saturated heterocycles. The molecule has 0 amide bonds. The highest BCUT2D eigenvalue weighted by Crippen LogP contribution is 2.17. The third-order valence-electron chi connectivity index (χ3n) is 2.50. The maximum absolute atomic E-state index is 12.0. The minimum atomic E-state index is -3.45. The van der Waals surface area contributed by atoms with E-state index in [-0.39, 0.29) is 11.4 Å². The smallest absolute Gasteiger partial charge is 0.207 e. The molecule has 0 unspecified atom stereocenters. The molecular formula is C12H15NO2S. The highest BCUT2D eigenvalue weighted by Gasteiger charge is 2.19. The molecule has 0 aliphatic rings. The summed E-state index contributed by atoms with van der Waals surface area (Å²) in [5.41, 5.74) is 2.02. The minimum absolute atomic E-state index is 0.0786. The second-order valence-electron chi connectivity index (χ2n) is 3.71. The van der Waals surface area contributed by atoms with E-state index in [1.807, 2.05) is 13.8 Å². The van der Waals surface area contributed by atoms with Gasteiger partial charge in [0.1, 0.15) is 0 Å². The molecule has 0 heterocycles. The molecule has 0 bridgehead atoms. The number of benzene rings is 1. The molecule has 0 aliphatic heterocycles. The van der Waals surface area contributed by atoms with Crippen LogP contribution in [-0.4, -0.2) is 26.3 Å². The van der Waals surface area contributed by atoms with Crippen molar-refractivity contribution < 1.29 is 8.42 Å². The van der Waals surface area contributed by atoms with Crippen LogP contribution in [-0.2, 0) is 10.0 Å². The highest BCUT2D eigenvalue weighted by molar-refractivity contribution is 7.89. The molecule has 0 atom stereocenters. The topological polar surface area (TPSA) is 37.4 Å². The second kappa shape index (κ2) is 4.69. The molecule has 0 fully saturated rings. The summed E-state index contributed by atoms with van der Waals surface area (Å²) in [6, 6.07) is 5.06. The molecule has 1 rings (SSSR count). The summed E-state index contributed by atoms with van der Waals surface area (Å²) in [5, 5.41) is 0. The zero-order valence-electron chi connectivity index (χ0n) is 9.69. The van der Waals surface area contributed by atoms with Gasteiger partial charge in [-0.2, -0.15) is 4.31 Å². The van der Waals surface area contributed by atoms with E-state index in [9.17, 15) is 8.42 Å². The number of aryl methyl sites for hydroxylation is 2. The SMILES string of the molecule is C#CCN(C)S(=O)(=O)c1ccc(C)c(C)c1. The average molecular weight is 237 g/mol. The predicted molar refractivity (Wildman–Crippen MR) is 64.6 cm³/mol. The van der Waals surface area contributed by atoms with E-state index in [4.69, 9.17) is 6.42 Å². The van der Waals surface area contributed by atoms with E-state index < -0.39 is 10.0 Å². The number of terminal acetylenes is 1. The Morgan fingerprint density at radius 1 is 1.31 bits per heavy atom. The lowest BCUT2D eigenvalue weighted by Crippen LogP contribution is -2.27. The van der Waals surface area contributed by atoms with E-state index in [0.29, 0.717) is 0 Å². The van der Waals surface area contributed by atoms with Crippen molar-refractivity contribution in [3.05, 3.63) is 29.3 Å². The third kappa shape index (κ3) is 2.43. The molecule has 1 aromatic carbocycles. The van der Waals surface area contributed by atoms with Crippen molar-refractivity contribution >= 4 is 10.0 Å². The van der Waals surface area contributed by atoms with E-state index in [1.54, 1.807) is 18.2 Å². The van der Waals surface area contributed by atoms with Crippen LogP contribution in [0.4, 0.5) is 0 Å². The average Bonchev–Trinajstić information content (AvgIpc) is 2.22. The molecule has 16 heavy (non-hydrogen) atoms. The molecule has 0 spiro atoms. The van der Waals surface area contributed by atoms with Crippen LogP contribution in [0.5, 0.6) is 0 Å². The van der Waals surface area contributed by atoms with Crippen LogP contribution in [0, 0.1) is 26.2 Å². The lowest BCUT2D eigenvalue weighted by atomic mass is 10.1. The molecule has 3 nitrogen and oxygen atoms in total. The number of hydrogen-bond acceptors (Lipinski definition) is 2. The van der Waals surface area contributed by atoms with Gasteiger partial charge >= 0.3 is 0 Å². The van der Waals surface area contributed by atoms with E-state index in [1.165, 1.54) is 7.05 Å². The summed E-state index contributed by atoms with van der Waals surface area (Å²) >= 11 is 0. The summed E-state index contributed by atoms with van der Waals surface area (Å²) in [7, 11) is -1.97. The van der Waals surface area contributed by atoms with E-state index in [0.717, 1.165) is 15.4 Å². The van der Waals surface area contributed by atoms with Crippen LogP contribution >= 0.6 is 0 Å². The fourth-order valence-electron chi connectivity index (χ4n) is 1.27. The van der Waals surface area contributed by atoms with Crippen molar-refractivity contribution in [2.75, 3.05) is 13.6 Å². The van der Waals surface area contributed by atoms with Crippen LogP contribution < -0.4 is 0 Å². The fraction of sp³-hybridized carbons (Fsp3) is 0.333. The molecule has 0 radical (unpaired) electrons. The molecule has 86 valence electrons. The first-order valence-electron chi connectivity index (χ1n) is 4.86. The summed E-state index contributed by atoms with van der Waals surface area (Å²) in [5.74, 6) is 2.32. The van der Waals surface area contributed by atoms with Crippen LogP contribution in [0.1, 0.15) is 11.1 Å². The van der Waals surface area contributed by atoms with Gasteiger partial charge in [-0.15, -0.1) is 6.42 Å². The van der Waals surface area contributed by atoms with Crippen LogP contribution in [0.15, 0.2) is 23.1 Å². The van der Waals surface area contributed by atoms with Gasteiger partial charge in [0.25, 0.3) is 0 Å². The Morgan fingerprint density at radius 2 is 1.94 bits per heavy atom. The van der Waals surface area contributed by atoms with Crippen molar-refractivity contribution in [3.8, 4) is 12.3 Å². The largest absolute Gasteiger partial charge is 0.243 e. The first-order valence-corrected chi connectivity index (χ1v) is 6.30. The van der Waals surface area contributed by atoms with Crippen molar-refractivity contribution in [3.63, 3.8) is 0 Å². The molecule has 0 aromatic heterocycles. The van der Waals surface area contributed by atoms with Crippen LogP contribution in [0.2, 0.25) is 0 Å². The quantitative estimate of drug-likeness (QED) is 0.748. The van der Waals surface area contributed by atoms with Crippen molar-refractivity contribution in [2.24, 2.45) is 0 Å². The van der Waals surface area contributed by atoms with Gasteiger partial charge in [0.15, 0.2) is 0 Å². The molecule has 4 heteroatoms. The maximum atomic E-state index is 12.0. The molecule has 0 saturated carbocycles. The first kappa shape index (κ1) is 12.8. The zero-order chi connectivity index (χ0) is 12.3.